The maximum Gasteiger partial charge on any atom is 0.408 e. The molecule has 0 radical (unpaired) electrons. The topological polar surface area (TPSA) is 107 Å². The Hall–Kier alpha value is -4.59. The second-order valence-electron chi connectivity index (χ2n) is 10.1. The first kappa shape index (κ1) is 27.4. The zero-order valence-electron chi connectivity index (χ0n) is 22.2. The van der Waals surface area contributed by atoms with Gasteiger partial charge in [0.25, 0.3) is 0 Å². The Morgan fingerprint density at radius 2 is 1.62 bits per heavy atom. The van der Waals surface area contributed by atoms with E-state index < -0.39 is 30.3 Å². The number of hydrogen-bond donors (Lipinski definition) is 2. The van der Waals surface area contributed by atoms with E-state index in [2.05, 4.69) is 10.3 Å². The number of fused-ring (bicyclic) bond motifs is 1. The minimum absolute atomic E-state index is 0.111. The number of aromatic nitrogens is 1. The minimum Gasteiger partial charge on any atom is -0.489 e. The molecule has 39 heavy (non-hydrogen) atoms. The fourth-order valence-corrected chi connectivity index (χ4v) is 3.96. The standard InChI is InChI=1S/C31H32N2O6/c1-31(2,3)39-30(36)33-27(29(35)38-20-28(34)22-12-8-5-9-13-22)16-23-18-32-26-15-14-24(17-25(23)26)37-19-21-10-6-4-7-11-21/h4-15,17-18,27,32H,16,19-20H2,1-3H3,(H,33,36). The number of Topliss-reactive ketones (excluding diaryl/α,β-unsaturated/α-hetero) is 1. The first-order valence-electron chi connectivity index (χ1n) is 12.7. The molecular weight excluding hydrogens is 496 g/mol. The van der Waals surface area contributed by atoms with Crippen LogP contribution in [0.5, 0.6) is 5.75 Å². The van der Waals surface area contributed by atoms with Gasteiger partial charge in [-0.25, -0.2) is 9.59 Å². The summed E-state index contributed by atoms with van der Waals surface area (Å²) in [5, 5.41) is 3.45. The molecule has 1 unspecified atom stereocenters. The monoisotopic (exact) mass is 528 g/mol. The van der Waals surface area contributed by atoms with Crippen LogP contribution in [0.25, 0.3) is 10.9 Å². The molecule has 8 heteroatoms. The van der Waals surface area contributed by atoms with Crippen LogP contribution >= 0.6 is 0 Å². The highest BCUT2D eigenvalue weighted by Crippen LogP contribution is 2.26. The highest BCUT2D eigenvalue weighted by molar-refractivity contribution is 5.98. The Labute approximate surface area is 227 Å². The number of carbonyl (C=O) groups is 3. The molecule has 1 aromatic heterocycles. The zero-order chi connectivity index (χ0) is 27.8. The van der Waals surface area contributed by atoms with Gasteiger partial charge < -0.3 is 24.5 Å². The Morgan fingerprint density at radius 1 is 0.923 bits per heavy atom. The maximum absolute atomic E-state index is 13.1. The van der Waals surface area contributed by atoms with Gasteiger partial charge in [0, 0.05) is 29.1 Å². The summed E-state index contributed by atoms with van der Waals surface area (Å²) in [4.78, 5) is 41.3. The number of nitrogens with one attached hydrogen (secondary N) is 2. The van der Waals surface area contributed by atoms with Crippen molar-refractivity contribution in [3.8, 4) is 5.75 Å². The predicted octanol–water partition coefficient (Wildman–Crippen LogP) is 5.61. The van der Waals surface area contributed by atoms with Crippen molar-refractivity contribution < 1.29 is 28.6 Å². The number of esters is 1. The number of benzene rings is 3. The maximum atomic E-state index is 13.1. The molecule has 0 saturated heterocycles. The van der Waals surface area contributed by atoms with Gasteiger partial charge in [-0.2, -0.15) is 0 Å². The van der Waals surface area contributed by atoms with E-state index >= 15 is 0 Å². The lowest BCUT2D eigenvalue weighted by Gasteiger charge is -2.23. The first-order valence-corrected chi connectivity index (χ1v) is 12.7. The van der Waals surface area contributed by atoms with Gasteiger partial charge >= 0.3 is 12.1 Å². The van der Waals surface area contributed by atoms with Gasteiger partial charge in [0.05, 0.1) is 0 Å². The van der Waals surface area contributed by atoms with Crippen molar-refractivity contribution in [2.75, 3.05) is 6.61 Å². The van der Waals surface area contributed by atoms with Gasteiger partial charge in [0.2, 0.25) is 0 Å². The SMILES string of the molecule is CC(C)(C)OC(=O)NC(Cc1c[nH]c2ccc(OCc3ccccc3)cc12)C(=O)OCC(=O)c1ccccc1. The summed E-state index contributed by atoms with van der Waals surface area (Å²) in [6.45, 7) is 5.16. The Bertz CT molecular complexity index is 1420. The van der Waals surface area contributed by atoms with Crippen molar-refractivity contribution in [1.82, 2.24) is 10.3 Å². The van der Waals surface area contributed by atoms with Crippen molar-refractivity contribution in [3.63, 3.8) is 0 Å². The molecule has 0 aliphatic carbocycles. The third kappa shape index (κ3) is 7.95. The summed E-state index contributed by atoms with van der Waals surface area (Å²) in [6, 6.07) is 23.0. The largest absolute Gasteiger partial charge is 0.489 e. The molecule has 8 nitrogen and oxygen atoms in total. The number of amides is 1. The van der Waals surface area contributed by atoms with Crippen LogP contribution in [0, 0.1) is 0 Å². The smallest absolute Gasteiger partial charge is 0.408 e. The lowest BCUT2D eigenvalue weighted by Crippen LogP contribution is -2.45. The van der Waals surface area contributed by atoms with Crippen molar-refractivity contribution >= 4 is 28.7 Å². The summed E-state index contributed by atoms with van der Waals surface area (Å²) < 4.78 is 16.7. The van der Waals surface area contributed by atoms with Crippen molar-refractivity contribution in [2.24, 2.45) is 0 Å². The number of alkyl carbamates (subject to hydrolysis) is 1. The van der Waals surface area contributed by atoms with Crippen LogP contribution in [0.3, 0.4) is 0 Å². The molecule has 3 aromatic carbocycles. The molecule has 2 N–H and O–H groups in total. The molecule has 4 rings (SSSR count). The molecular formula is C31H32N2O6. The fraction of sp³-hybridized carbons (Fsp3) is 0.258. The molecule has 0 saturated carbocycles. The van der Waals surface area contributed by atoms with E-state index in [1.807, 2.05) is 48.5 Å². The average molecular weight is 529 g/mol. The second-order valence-corrected chi connectivity index (χ2v) is 10.1. The van der Waals surface area contributed by atoms with Crippen molar-refractivity contribution in [2.45, 2.75) is 45.4 Å². The number of carbonyl (C=O) groups excluding carboxylic acids is 3. The van der Waals surface area contributed by atoms with E-state index in [0.717, 1.165) is 22.0 Å². The van der Waals surface area contributed by atoms with Crippen LogP contribution < -0.4 is 10.1 Å². The van der Waals surface area contributed by atoms with Crippen LogP contribution in [0.2, 0.25) is 0 Å². The van der Waals surface area contributed by atoms with Crippen LogP contribution in [-0.4, -0.2) is 41.1 Å². The van der Waals surface area contributed by atoms with Gasteiger partial charge in [-0.05, 0) is 50.1 Å². The number of H-pyrrole nitrogens is 1. The molecule has 1 heterocycles. The highest BCUT2D eigenvalue weighted by atomic mass is 16.6. The van der Waals surface area contributed by atoms with Gasteiger partial charge in [0.15, 0.2) is 12.4 Å². The van der Waals surface area contributed by atoms with E-state index in [1.165, 1.54) is 0 Å². The third-order valence-corrected chi connectivity index (χ3v) is 5.83. The van der Waals surface area contributed by atoms with Crippen LogP contribution in [0.1, 0.15) is 42.3 Å². The lowest BCUT2D eigenvalue weighted by molar-refractivity contribution is -0.145. The number of hydrogen-bond acceptors (Lipinski definition) is 6. The average Bonchev–Trinajstić information content (AvgIpc) is 3.32. The first-order chi connectivity index (χ1) is 18.7. The van der Waals surface area contributed by atoms with E-state index in [1.54, 1.807) is 57.3 Å². The molecule has 0 spiro atoms. The molecule has 1 atom stereocenters. The summed E-state index contributed by atoms with van der Waals surface area (Å²) >= 11 is 0. The van der Waals surface area contributed by atoms with Gasteiger partial charge in [-0.15, -0.1) is 0 Å². The van der Waals surface area contributed by atoms with Crippen molar-refractivity contribution in [3.05, 3.63) is 102 Å². The van der Waals surface area contributed by atoms with Gasteiger partial charge in [-0.3, -0.25) is 4.79 Å². The van der Waals surface area contributed by atoms with E-state index in [9.17, 15) is 14.4 Å². The van der Waals surface area contributed by atoms with Crippen LogP contribution in [0.4, 0.5) is 4.79 Å². The number of rotatable bonds is 10. The summed E-state index contributed by atoms with van der Waals surface area (Å²) in [5.74, 6) is -0.414. The zero-order valence-corrected chi connectivity index (χ0v) is 22.2. The molecule has 1 amide bonds. The molecule has 0 aliphatic heterocycles. The number of ether oxygens (including phenoxy) is 3. The Kier molecular flexibility index (Phi) is 8.66. The van der Waals surface area contributed by atoms with Gasteiger partial charge in [-0.1, -0.05) is 60.7 Å². The minimum atomic E-state index is -1.09. The fourth-order valence-electron chi connectivity index (χ4n) is 3.96. The van der Waals surface area contributed by atoms with Gasteiger partial charge in [0.1, 0.15) is 24.0 Å². The quantitative estimate of drug-likeness (QED) is 0.205. The Balaban J connectivity index is 1.50. The molecule has 202 valence electrons. The van der Waals surface area contributed by atoms with Crippen LogP contribution in [0.15, 0.2) is 85.1 Å². The summed E-state index contributed by atoms with van der Waals surface area (Å²) in [5.41, 5.74) is 2.33. The van der Waals surface area contributed by atoms with E-state index in [4.69, 9.17) is 14.2 Å². The third-order valence-electron chi connectivity index (χ3n) is 5.83. The molecule has 0 fully saturated rings. The second kappa shape index (κ2) is 12.3. The Morgan fingerprint density at radius 3 is 2.31 bits per heavy atom. The molecule has 4 aromatic rings. The molecule has 0 aliphatic rings. The van der Waals surface area contributed by atoms with E-state index in [0.29, 0.717) is 17.9 Å². The van der Waals surface area contributed by atoms with Crippen molar-refractivity contribution in [1.29, 1.82) is 0 Å². The number of aromatic amines is 1. The predicted molar refractivity (Wildman–Crippen MR) is 148 cm³/mol. The van der Waals surface area contributed by atoms with E-state index in [-0.39, 0.29) is 12.2 Å². The normalized spacial score (nSPS) is 12.0. The summed E-state index contributed by atoms with van der Waals surface area (Å²) in [7, 11) is 0. The summed E-state index contributed by atoms with van der Waals surface area (Å²) in [6.07, 6.45) is 1.13. The highest BCUT2D eigenvalue weighted by Gasteiger charge is 2.27. The number of ketones is 1. The van der Waals surface area contributed by atoms with Crippen LogP contribution in [-0.2, 0) is 27.3 Å². The molecule has 0 bridgehead atoms. The lowest BCUT2D eigenvalue weighted by atomic mass is 10.0.